The lowest BCUT2D eigenvalue weighted by atomic mass is 10.3. The predicted octanol–water partition coefficient (Wildman–Crippen LogP) is 2.01. The van der Waals surface area contributed by atoms with Crippen molar-refractivity contribution in [2.75, 3.05) is 42.1 Å². The summed E-state index contributed by atoms with van der Waals surface area (Å²) in [5.74, 6) is -0.0477. The molecule has 1 saturated heterocycles. The van der Waals surface area contributed by atoms with Crippen molar-refractivity contribution in [3.8, 4) is 0 Å². The summed E-state index contributed by atoms with van der Waals surface area (Å²) >= 11 is 3.37. The molecular formula is C20H25BrN8O3. The molecule has 0 spiro atoms. The van der Waals surface area contributed by atoms with Crippen LogP contribution in [0.3, 0.4) is 0 Å². The van der Waals surface area contributed by atoms with Crippen LogP contribution in [0.5, 0.6) is 0 Å². The summed E-state index contributed by atoms with van der Waals surface area (Å²) < 4.78 is 0.632. The Morgan fingerprint density at radius 2 is 1.91 bits per heavy atom. The molecule has 1 fully saturated rings. The number of likely N-dealkylation sites (tertiary alicyclic amines) is 1. The normalized spacial score (nSPS) is 12.8. The molecule has 1 aromatic heterocycles. The van der Waals surface area contributed by atoms with E-state index in [1.54, 1.807) is 17.2 Å². The molecule has 0 radical (unpaired) electrons. The zero-order chi connectivity index (χ0) is 22.9. The molecule has 32 heavy (non-hydrogen) atoms. The number of nitrogens with zero attached hydrogens (tertiary/aromatic N) is 3. The first-order valence-corrected chi connectivity index (χ1v) is 10.9. The first-order chi connectivity index (χ1) is 15.4. The van der Waals surface area contributed by atoms with Crippen molar-refractivity contribution < 1.29 is 14.4 Å². The van der Waals surface area contributed by atoms with E-state index < -0.39 is 5.91 Å². The molecular weight excluding hydrogens is 480 g/mol. The molecule has 4 amide bonds. The molecule has 0 bridgehead atoms. The lowest BCUT2D eigenvalue weighted by Gasteiger charge is -2.16. The van der Waals surface area contributed by atoms with Gasteiger partial charge in [0.1, 0.15) is 5.82 Å². The predicted molar refractivity (Wildman–Crippen MR) is 125 cm³/mol. The third kappa shape index (κ3) is 7.08. The maximum absolute atomic E-state index is 12.3. The molecule has 1 aliphatic rings. The van der Waals surface area contributed by atoms with Crippen molar-refractivity contribution in [1.29, 1.82) is 0 Å². The summed E-state index contributed by atoms with van der Waals surface area (Å²) in [6, 6.07) is 7.18. The Bertz CT molecular complexity index is 981. The van der Waals surface area contributed by atoms with E-state index in [0.717, 1.165) is 25.9 Å². The summed E-state index contributed by atoms with van der Waals surface area (Å²) in [6.07, 6.45) is 3.80. The Balaban J connectivity index is 1.56. The molecule has 2 aromatic rings. The van der Waals surface area contributed by atoms with Gasteiger partial charge in [-0.3, -0.25) is 9.59 Å². The van der Waals surface area contributed by atoms with E-state index in [1.807, 2.05) is 18.2 Å². The maximum atomic E-state index is 12.3. The number of urea groups is 1. The molecule has 170 valence electrons. The van der Waals surface area contributed by atoms with Gasteiger partial charge in [-0.05, 0) is 47.0 Å². The molecule has 3 rings (SSSR count). The monoisotopic (exact) mass is 504 g/mol. The Hall–Kier alpha value is -3.41. The summed E-state index contributed by atoms with van der Waals surface area (Å²) in [4.78, 5) is 45.1. The number of halogens is 1. The summed E-state index contributed by atoms with van der Waals surface area (Å²) in [7, 11) is 0. The summed E-state index contributed by atoms with van der Waals surface area (Å²) in [5, 5.41) is 11.5. The highest BCUT2D eigenvalue weighted by atomic mass is 79.9. The lowest BCUT2D eigenvalue weighted by Crippen LogP contribution is -2.34. The Kier molecular flexibility index (Phi) is 8.20. The minimum absolute atomic E-state index is 0.106. The number of amides is 4. The lowest BCUT2D eigenvalue weighted by molar-refractivity contribution is -0.124. The molecule has 6 N–H and O–H groups in total. The highest BCUT2D eigenvalue weighted by molar-refractivity contribution is 9.10. The average molecular weight is 505 g/mol. The number of carbonyl (C=O) groups is 3. The van der Waals surface area contributed by atoms with E-state index in [0.29, 0.717) is 34.2 Å². The second-order valence-electron chi connectivity index (χ2n) is 7.14. The molecule has 11 nitrogen and oxygen atoms in total. The number of nitrogens with one attached hydrogen (secondary N) is 4. The zero-order valence-electron chi connectivity index (χ0n) is 17.4. The van der Waals surface area contributed by atoms with Crippen molar-refractivity contribution in [1.82, 2.24) is 20.2 Å². The van der Waals surface area contributed by atoms with Crippen LogP contribution in [0.25, 0.3) is 0 Å². The molecule has 1 aliphatic heterocycles. The van der Waals surface area contributed by atoms with Crippen LogP contribution in [0, 0.1) is 0 Å². The average Bonchev–Trinajstić information content (AvgIpc) is 3.30. The number of primary amides is 1. The van der Waals surface area contributed by atoms with Crippen molar-refractivity contribution in [2.45, 2.75) is 19.3 Å². The fourth-order valence-electron chi connectivity index (χ4n) is 3.05. The van der Waals surface area contributed by atoms with E-state index in [-0.39, 0.29) is 24.9 Å². The Labute approximate surface area is 193 Å². The number of hydrogen-bond donors (Lipinski definition) is 5. The fourth-order valence-corrected chi connectivity index (χ4v) is 3.38. The van der Waals surface area contributed by atoms with Crippen molar-refractivity contribution >= 4 is 56.9 Å². The van der Waals surface area contributed by atoms with E-state index in [1.165, 1.54) is 0 Å². The van der Waals surface area contributed by atoms with Gasteiger partial charge in [-0.1, -0.05) is 6.07 Å². The van der Waals surface area contributed by atoms with Crippen LogP contribution in [0.2, 0.25) is 0 Å². The second kappa shape index (κ2) is 11.3. The zero-order valence-corrected chi connectivity index (χ0v) is 18.9. The Morgan fingerprint density at radius 3 is 2.66 bits per heavy atom. The van der Waals surface area contributed by atoms with Crippen LogP contribution in [0.4, 0.5) is 27.9 Å². The van der Waals surface area contributed by atoms with Gasteiger partial charge in [0.15, 0.2) is 0 Å². The molecule has 0 unspecified atom stereocenters. The van der Waals surface area contributed by atoms with Crippen LogP contribution in [-0.4, -0.2) is 58.9 Å². The van der Waals surface area contributed by atoms with Gasteiger partial charge in [0.25, 0.3) is 0 Å². The van der Waals surface area contributed by atoms with E-state index in [2.05, 4.69) is 47.2 Å². The van der Waals surface area contributed by atoms with Crippen LogP contribution in [0.1, 0.15) is 19.3 Å². The minimum Gasteiger partial charge on any atom is -0.368 e. The quantitative estimate of drug-likeness (QED) is 0.349. The van der Waals surface area contributed by atoms with Crippen molar-refractivity contribution in [3.05, 3.63) is 34.9 Å². The topological polar surface area (TPSA) is 154 Å². The number of anilines is 4. The summed E-state index contributed by atoms with van der Waals surface area (Å²) in [5.41, 5.74) is 6.38. The first kappa shape index (κ1) is 23.3. The SMILES string of the molecule is NC(=O)CNC(=O)CCNc1nc(Nc2cccc(NC(=O)N3CCCC3)c2)ncc1Br. The number of carbonyl (C=O) groups excluding carboxylic acids is 3. The van der Waals surface area contributed by atoms with Gasteiger partial charge in [-0.2, -0.15) is 4.98 Å². The minimum atomic E-state index is -0.597. The first-order valence-electron chi connectivity index (χ1n) is 10.1. The third-order valence-electron chi connectivity index (χ3n) is 4.61. The van der Waals surface area contributed by atoms with Gasteiger partial charge in [-0.25, -0.2) is 9.78 Å². The van der Waals surface area contributed by atoms with Crippen LogP contribution in [0.15, 0.2) is 34.9 Å². The third-order valence-corrected chi connectivity index (χ3v) is 5.19. The smallest absolute Gasteiger partial charge is 0.321 e. The molecule has 12 heteroatoms. The maximum Gasteiger partial charge on any atom is 0.321 e. The molecule has 0 aliphatic carbocycles. The second-order valence-corrected chi connectivity index (χ2v) is 7.99. The van der Waals surface area contributed by atoms with Gasteiger partial charge >= 0.3 is 6.03 Å². The van der Waals surface area contributed by atoms with Gasteiger partial charge < -0.3 is 31.9 Å². The molecule has 1 aromatic carbocycles. The number of nitrogens with two attached hydrogens (primary N) is 1. The van der Waals surface area contributed by atoms with Gasteiger partial charge in [-0.15, -0.1) is 0 Å². The highest BCUT2D eigenvalue weighted by Gasteiger charge is 2.17. The van der Waals surface area contributed by atoms with Gasteiger partial charge in [0.2, 0.25) is 17.8 Å². The van der Waals surface area contributed by atoms with Gasteiger partial charge in [0.05, 0.1) is 11.0 Å². The molecule has 0 saturated carbocycles. The van der Waals surface area contributed by atoms with E-state index >= 15 is 0 Å². The van der Waals surface area contributed by atoms with Crippen LogP contribution in [-0.2, 0) is 9.59 Å². The molecule has 0 atom stereocenters. The van der Waals surface area contributed by atoms with E-state index in [9.17, 15) is 14.4 Å². The van der Waals surface area contributed by atoms with Crippen LogP contribution >= 0.6 is 15.9 Å². The number of benzene rings is 1. The van der Waals surface area contributed by atoms with Gasteiger partial charge in [0, 0.05) is 43.6 Å². The fraction of sp³-hybridized carbons (Fsp3) is 0.350. The van der Waals surface area contributed by atoms with Crippen molar-refractivity contribution in [2.24, 2.45) is 5.73 Å². The number of rotatable bonds is 9. The molecule has 2 heterocycles. The van der Waals surface area contributed by atoms with E-state index in [4.69, 9.17) is 5.73 Å². The largest absolute Gasteiger partial charge is 0.368 e. The standard InChI is InChI=1S/C20H25BrN8O3/c21-15-11-25-19(28-18(15)23-7-6-17(31)24-12-16(22)30)26-13-4-3-5-14(10-13)27-20(32)29-8-1-2-9-29/h3-5,10-11H,1-2,6-9,12H2,(H2,22,30)(H,24,31)(H,27,32)(H2,23,25,26,28). The van der Waals surface area contributed by atoms with Crippen LogP contribution < -0.4 is 27.0 Å². The Morgan fingerprint density at radius 1 is 1.16 bits per heavy atom. The summed E-state index contributed by atoms with van der Waals surface area (Å²) in [6.45, 7) is 1.66. The number of hydrogen-bond acceptors (Lipinski definition) is 7. The number of aromatic nitrogens is 2. The highest BCUT2D eigenvalue weighted by Crippen LogP contribution is 2.23. The van der Waals surface area contributed by atoms with Crippen molar-refractivity contribution in [3.63, 3.8) is 0 Å².